The molecule has 1 fully saturated rings. The van der Waals surface area contributed by atoms with Crippen molar-refractivity contribution in [3.8, 4) is 0 Å². The number of carbonyl (C=O) groups is 1. The van der Waals surface area contributed by atoms with Crippen LogP contribution in [0, 0.1) is 0 Å². The molecule has 18 heavy (non-hydrogen) atoms. The van der Waals surface area contributed by atoms with Crippen LogP contribution in [-0.2, 0) is 4.79 Å². The quantitative estimate of drug-likeness (QED) is 0.906. The van der Waals surface area contributed by atoms with Gasteiger partial charge in [-0.05, 0) is 30.0 Å². The molecule has 96 valence electrons. The van der Waals surface area contributed by atoms with Gasteiger partial charge in [0.2, 0.25) is 5.91 Å². The first kappa shape index (κ1) is 13.1. The Morgan fingerprint density at radius 2 is 2.00 bits per heavy atom. The largest absolute Gasteiger partial charge is 0.304 e. The van der Waals surface area contributed by atoms with Gasteiger partial charge in [0.05, 0.1) is 10.9 Å². The Morgan fingerprint density at radius 3 is 2.50 bits per heavy atom. The highest BCUT2D eigenvalue weighted by Gasteiger charge is 2.28. The SMILES string of the molecule is CCC1SC(=Nc2ccc(C(C)C)cc2)NC1=O. The molecule has 1 N–H and O–H groups in total. The number of nitrogens with one attached hydrogen (secondary N) is 1. The van der Waals surface area contributed by atoms with Crippen molar-refractivity contribution in [3.05, 3.63) is 29.8 Å². The van der Waals surface area contributed by atoms with E-state index in [1.165, 1.54) is 17.3 Å². The van der Waals surface area contributed by atoms with Gasteiger partial charge in [-0.2, -0.15) is 0 Å². The van der Waals surface area contributed by atoms with Crippen LogP contribution in [0.15, 0.2) is 29.3 Å². The van der Waals surface area contributed by atoms with Gasteiger partial charge in [-0.25, -0.2) is 4.99 Å². The van der Waals surface area contributed by atoms with Crippen molar-refractivity contribution in [3.63, 3.8) is 0 Å². The molecule has 0 aromatic heterocycles. The van der Waals surface area contributed by atoms with E-state index >= 15 is 0 Å². The number of hydrogen-bond donors (Lipinski definition) is 1. The maximum absolute atomic E-state index is 11.5. The molecule has 1 aromatic rings. The number of thioether (sulfide) groups is 1. The van der Waals surface area contributed by atoms with E-state index in [1.54, 1.807) is 0 Å². The molecule has 2 rings (SSSR count). The molecule has 0 aliphatic carbocycles. The lowest BCUT2D eigenvalue weighted by molar-refractivity contribution is -0.118. The predicted molar refractivity (Wildman–Crippen MR) is 77.4 cm³/mol. The van der Waals surface area contributed by atoms with E-state index < -0.39 is 0 Å². The molecule has 1 aromatic carbocycles. The van der Waals surface area contributed by atoms with E-state index in [0.717, 1.165) is 12.1 Å². The Balaban J connectivity index is 2.12. The molecule has 1 aliphatic heterocycles. The molecule has 4 heteroatoms. The third-order valence-electron chi connectivity index (χ3n) is 2.94. The minimum absolute atomic E-state index is 0.0127. The zero-order valence-corrected chi connectivity index (χ0v) is 11.8. The van der Waals surface area contributed by atoms with Gasteiger partial charge >= 0.3 is 0 Å². The summed E-state index contributed by atoms with van der Waals surface area (Å²) < 4.78 is 0. The molecule has 1 aliphatic rings. The lowest BCUT2D eigenvalue weighted by Gasteiger charge is -2.04. The Morgan fingerprint density at radius 1 is 1.33 bits per heavy atom. The van der Waals surface area contributed by atoms with Crippen LogP contribution in [0.1, 0.15) is 38.7 Å². The molecule has 0 radical (unpaired) electrons. The summed E-state index contributed by atoms with van der Waals surface area (Å²) in [5.74, 6) is 0.594. The molecule has 3 nitrogen and oxygen atoms in total. The Labute approximate surface area is 112 Å². The second-order valence-electron chi connectivity index (χ2n) is 4.67. The summed E-state index contributed by atoms with van der Waals surface area (Å²) in [4.78, 5) is 16.0. The fourth-order valence-corrected chi connectivity index (χ4v) is 2.70. The highest BCUT2D eigenvalue weighted by atomic mass is 32.2. The van der Waals surface area contributed by atoms with Crippen molar-refractivity contribution in [2.24, 2.45) is 4.99 Å². The maximum atomic E-state index is 11.5. The summed E-state index contributed by atoms with van der Waals surface area (Å²) in [5, 5.41) is 3.54. The first-order valence-electron chi connectivity index (χ1n) is 6.26. The lowest BCUT2D eigenvalue weighted by Crippen LogP contribution is -2.24. The van der Waals surface area contributed by atoms with E-state index in [0.29, 0.717) is 11.1 Å². The number of nitrogens with zero attached hydrogens (tertiary/aromatic N) is 1. The van der Waals surface area contributed by atoms with Gasteiger partial charge < -0.3 is 5.32 Å². The monoisotopic (exact) mass is 262 g/mol. The van der Waals surface area contributed by atoms with E-state index in [4.69, 9.17) is 0 Å². The van der Waals surface area contributed by atoms with Crippen molar-refractivity contribution in [2.75, 3.05) is 0 Å². The molecule has 1 amide bonds. The minimum Gasteiger partial charge on any atom is -0.304 e. The molecule has 0 saturated carbocycles. The Kier molecular flexibility index (Phi) is 4.07. The van der Waals surface area contributed by atoms with Crippen molar-refractivity contribution in [1.29, 1.82) is 0 Å². The fourth-order valence-electron chi connectivity index (χ4n) is 1.78. The summed E-state index contributed by atoms with van der Waals surface area (Å²) in [6, 6.07) is 8.16. The van der Waals surface area contributed by atoms with Crippen LogP contribution in [0.4, 0.5) is 5.69 Å². The second-order valence-corrected chi connectivity index (χ2v) is 5.86. The van der Waals surface area contributed by atoms with Crippen LogP contribution >= 0.6 is 11.8 Å². The zero-order chi connectivity index (χ0) is 13.1. The number of hydrogen-bond acceptors (Lipinski definition) is 3. The minimum atomic E-state index is 0.0127. The van der Waals surface area contributed by atoms with Crippen molar-refractivity contribution in [1.82, 2.24) is 5.32 Å². The first-order valence-corrected chi connectivity index (χ1v) is 7.14. The molecular weight excluding hydrogens is 244 g/mol. The Bertz CT molecular complexity index is 465. The van der Waals surface area contributed by atoms with E-state index in [1.807, 2.05) is 19.1 Å². The third-order valence-corrected chi connectivity index (χ3v) is 4.19. The molecule has 1 saturated heterocycles. The highest BCUT2D eigenvalue weighted by Crippen LogP contribution is 2.25. The second kappa shape index (κ2) is 5.57. The average Bonchev–Trinajstić information content (AvgIpc) is 2.70. The van der Waals surface area contributed by atoms with Gasteiger partial charge in [-0.1, -0.05) is 44.7 Å². The van der Waals surface area contributed by atoms with Crippen molar-refractivity contribution in [2.45, 2.75) is 38.4 Å². The van der Waals surface area contributed by atoms with Crippen LogP contribution < -0.4 is 5.32 Å². The molecule has 1 atom stereocenters. The summed E-state index contributed by atoms with van der Waals surface area (Å²) >= 11 is 1.51. The van der Waals surface area contributed by atoms with Gasteiger partial charge in [0.25, 0.3) is 0 Å². The van der Waals surface area contributed by atoms with E-state index in [-0.39, 0.29) is 11.2 Å². The van der Waals surface area contributed by atoms with E-state index in [2.05, 4.69) is 36.3 Å². The summed E-state index contributed by atoms with van der Waals surface area (Å²) in [6.07, 6.45) is 0.835. The van der Waals surface area contributed by atoms with Crippen LogP contribution in [-0.4, -0.2) is 16.3 Å². The van der Waals surface area contributed by atoms with Crippen molar-refractivity contribution < 1.29 is 4.79 Å². The fraction of sp³-hybridized carbons (Fsp3) is 0.429. The number of benzene rings is 1. The van der Waals surface area contributed by atoms with Gasteiger partial charge in [0.1, 0.15) is 0 Å². The topological polar surface area (TPSA) is 41.5 Å². The standard InChI is InChI=1S/C14H18N2OS/c1-4-12-13(17)16-14(18-12)15-11-7-5-10(6-8-11)9(2)3/h5-9,12H,4H2,1-3H3,(H,15,16,17). The summed E-state index contributed by atoms with van der Waals surface area (Å²) in [6.45, 7) is 6.34. The van der Waals surface area contributed by atoms with Crippen LogP contribution in [0.2, 0.25) is 0 Å². The Hall–Kier alpha value is -1.29. The third kappa shape index (κ3) is 2.93. The van der Waals surface area contributed by atoms with Gasteiger partial charge in [0.15, 0.2) is 5.17 Å². The zero-order valence-electron chi connectivity index (χ0n) is 10.9. The van der Waals surface area contributed by atoms with Gasteiger partial charge in [0, 0.05) is 0 Å². The first-order chi connectivity index (χ1) is 8.60. The number of aliphatic imine (C=N–C) groups is 1. The molecule has 0 spiro atoms. The molecular formula is C14H18N2OS. The van der Waals surface area contributed by atoms with Crippen molar-refractivity contribution >= 4 is 28.5 Å². The molecule has 0 bridgehead atoms. The van der Waals surface area contributed by atoms with Crippen LogP contribution in [0.3, 0.4) is 0 Å². The normalized spacial score (nSPS) is 21.7. The van der Waals surface area contributed by atoms with Crippen LogP contribution in [0.25, 0.3) is 0 Å². The predicted octanol–water partition coefficient (Wildman–Crippen LogP) is 3.44. The van der Waals surface area contributed by atoms with Crippen LogP contribution in [0.5, 0.6) is 0 Å². The molecule has 1 heterocycles. The van der Waals surface area contributed by atoms with E-state index in [9.17, 15) is 4.79 Å². The summed E-state index contributed by atoms with van der Waals surface area (Å²) in [7, 11) is 0. The number of carbonyl (C=O) groups excluding carboxylic acids is 1. The highest BCUT2D eigenvalue weighted by molar-refractivity contribution is 8.15. The lowest BCUT2D eigenvalue weighted by atomic mass is 10.0. The molecule has 1 unspecified atom stereocenters. The number of amides is 1. The summed E-state index contributed by atoms with van der Waals surface area (Å²) in [5.41, 5.74) is 2.19. The number of amidine groups is 1. The van der Waals surface area contributed by atoms with Gasteiger partial charge in [-0.15, -0.1) is 0 Å². The van der Waals surface area contributed by atoms with Gasteiger partial charge in [-0.3, -0.25) is 4.79 Å². The number of rotatable bonds is 3. The smallest absolute Gasteiger partial charge is 0.239 e. The average molecular weight is 262 g/mol. The maximum Gasteiger partial charge on any atom is 0.239 e.